The minimum absolute atomic E-state index is 0.0842. The lowest BCUT2D eigenvalue weighted by molar-refractivity contribution is 0.0804. The second-order valence-corrected chi connectivity index (χ2v) is 6.54. The molecule has 6 nitrogen and oxygen atoms in total. The molecule has 0 aliphatic heterocycles. The van der Waals surface area contributed by atoms with E-state index in [0.717, 1.165) is 6.26 Å². The Hall–Kier alpha value is -1.76. The van der Waals surface area contributed by atoms with Crippen molar-refractivity contribution in [3.63, 3.8) is 0 Å². The lowest BCUT2D eigenvalue weighted by Crippen LogP contribution is -2.31. The van der Waals surface area contributed by atoms with E-state index in [1.165, 1.54) is 19.1 Å². The van der Waals surface area contributed by atoms with E-state index in [0.29, 0.717) is 11.3 Å². The van der Waals surface area contributed by atoms with Gasteiger partial charge in [-0.3, -0.25) is 4.79 Å². The first-order valence-electron chi connectivity index (χ1n) is 5.62. The van der Waals surface area contributed by atoms with Gasteiger partial charge in [0, 0.05) is 19.8 Å². The maximum atomic E-state index is 12.1. The van der Waals surface area contributed by atoms with Crippen LogP contribution in [-0.4, -0.2) is 51.9 Å². The Labute approximate surface area is 113 Å². The first-order valence-corrected chi connectivity index (χ1v) is 7.68. The van der Waals surface area contributed by atoms with Gasteiger partial charge < -0.3 is 15.4 Å². The number of amides is 1. The highest BCUT2D eigenvalue weighted by atomic mass is 32.2. The average molecular weight is 286 g/mol. The summed E-state index contributed by atoms with van der Waals surface area (Å²) in [6.07, 6.45) is 1.13. The molecule has 0 spiro atoms. The monoisotopic (exact) mass is 286 g/mol. The number of para-hydroxylation sites is 1. The van der Waals surface area contributed by atoms with E-state index in [1.807, 2.05) is 0 Å². The molecule has 0 saturated carbocycles. The number of sulfone groups is 1. The Morgan fingerprint density at radius 2 is 2.05 bits per heavy atom. The van der Waals surface area contributed by atoms with Crippen molar-refractivity contribution >= 4 is 21.4 Å². The summed E-state index contributed by atoms with van der Waals surface area (Å²) < 4.78 is 27.2. The van der Waals surface area contributed by atoms with Crippen LogP contribution in [0.15, 0.2) is 18.2 Å². The van der Waals surface area contributed by atoms with Crippen molar-refractivity contribution in [2.45, 2.75) is 0 Å². The zero-order chi connectivity index (χ0) is 14.6. The van der Waals surface area contributed by atoms with Gasteiger partial charge in [0.1, 0.15) is 15.6 Å². The molecule has 0 aromatic heterocycles. The quantitative estimate of drug-likeness (QED) is 0.791. The Bertz CT molecular complexity index is 569. The second kappa shape index (κ2) is 5.92. The van der Waals surface area contributed by atoms with Crippen LogP contribution in [0.25, 0.3) is 0 Å². The third kappa shape index (κ3) is 4.13. The summed E-state index contributed by atoms with van der Waals surface area (Å²) in [7, 11) is -0.108. The molecule has 0 bridgehead atoms. The molecule has 2 N–H and O–H groups in total. The number of nitrogens with two attached hydrogens (primary N) is 1. The highest BCUT2D eigenvalue weighted by Crippen LogP contribution is 2.25. The molecule has 19 heavy (non-hydrogen) atoms. The number of benzene rings is 1. The molecule has 0 unspecified atom stereocenters. The maximum absolute atomic E-state index is 12.1. The molecule has 0 aliphatic carbocycles. The summed E-state index contributed by atoms with van der Waals surface area (Å²) in [6, 6.07) is 4.90. The zero-order valence-corrected chi connectivity index (χ0v) is 12.0. The van der Waals surface area contributed by atoms with Gasteiger partial charge in [0.05, 0.1) is 24.1 Å². The molecule has 0 saturated heterocycles. The van der Waals surface area contributed by atoms with Gasteiger partial charge in [0.15, 0.2) is 0 Å². The fraction of sp³-hybridized carbons (Fsp3) is 0.417. The van der Waals surface area contributed by atoms with Crippen LogP contribution < -0.4 is 10.5 Å². The van der Waals surface area contributed by atoms with Gasteiger partial charge in [-0.2, -0.15) is 0 Å². The highest BCUT2D eigenvalue weighted by molar-refractivity contribution is 7.90. The Kier molecular flexibility index (Phi) is 4.77. The van der Waals surface area contributed by atoms with Crippen LogP contribution in [0.4, 0.5) is 5.69 Å². The molecule has 1 aromatic rings. The van der Waals surface area contributed by atoms with E-state index in [9.17, 15) is 13.2 Å². The summed E-state index contributed by atoms with van der Waals surface area (Å²) in [6.45, 7) is 0.119. The number of rotatable bonds is 5. The molecular formula is C12H18N2O4S. The van der Waals surface area contributed by atoms with Crippen molar-refractivity contribution in [3.8, 4) is 5.75 Å². The topological polar surface area (TPSA) is 89.7 Å². The Morgan fingerprint density at radius 1 is 1.42 bits per heavy atom. The molecule has 0 fully saturated rings. The van der Waals surface area contributed by atoms with Gasteiger partial charge in [-0.15, -0.1) is 0 Å². The van der Waals surface area contributed by atoms with Crippen molar-refractivity contribution in [2.75, 3.05) is 38.4 Å². The van der Waals surface area contributed by atoms with E-state index < -0.39 is 9.84 Å². The van der Waals surface area contributed by atoms with Crippen molar-refractivity contribution in [3.05, 3.63) is 23.8 Å². The summed E-state index contributed by atoms with van der Waals surface area (Å²) in [5, 5.41) is 0. The summed E-state index contributed by atoms with van der Waals surface area (Å²) in [4.78, 5) is 13.5. The number of nitrogen functional groups attached to an aromatic ring is 1. The second-order valence-electron chi connectivity index (χ2n) is 4.28. The minimum Gasteiger partial charge on any atom is -0.495 e. The number of hydrogen-bond acceptors (Lipinski definition) is 5. The van der Waals surface area contributed by atoms with Crippen LogP contribution in [0, 0.1) is 0 Å². The van der Waals surface area contributed by atoms with Gasteiger partial charge in [-0.25, -0.2) is 8.42 Å². The number of ether oxygens (including phenoxy) is 1. The molecule has 0 atom stereocenters. The number of anilines is 1. The molecule has 7 heteroatoms. The van der Waals surface area contributed by atoms with Crippen LogP contribution in [0.5, 0.6) is 5.75 Å². The average Bonchev–Trinajstić information content (AvgIpc) is 2.34. The van der Waals surface area contributed by atoms with E-state index in [-0.39, 0.29) is 23.9 Å². The van der Waals surface area contributed by atoms with Gasteiger partial charge in [0.2, 0.25) is 0 Å². The molecule has 0 aliphatic rings. The first kappa shape index (κ1) is 15.3. The summed E-state index contributed by atoms with van der Waals surface area (Å²) >= 11 is 0. The summed E-state index contributed by atoms with van der Waals surface area (Å²) in [5.41, 5.74) is 6.38. The van der Waals surface area contributed by atoms with E-state index in [2.05, 4.69) is 0 Å². The highest BCUT2D eigenvalue weighted by Gasteiger charge is 2.17. The normalized spacial score (nSPS) is 11.1. The smallest absolute Gasteiger partial charge is 0.255 e. The molecule has 1 rings (SSSR count). The van der Waals surface area contributed by atoms with Crippen molar-refractivity contribution in [2.24, 2.45) is 0 Å². The van der Waals surface area contributed by atoms with E-state index >= 15 is 0 Å². The molecule has 0 radical (unpaired) electrons. The summed E-state index contributed by atoms with van der Waals surface area (Å²) in [5.74, 6) is 0.00135. The van der Waals surface area contributed by atoms with Crippen molar-refractivity contribution in [1.29, 1.82) is 0 Å². The van der Waals surface area contributed by atoms with Crippen molar-refractivity contribution in [1.82, 2.24) is 4.90 Å². The van der Waals surface area contributed by atoms with Gasteiger partial charge in [0.25, 0.3) is 5.91 Å². The number of methoxy groups -OCH3 is 1. The minimum atomic E-state index is -3.11. The van der Waals surface area contributed by atoms with Gasteiger partial charge in [-0.05, 0) is 12.1 Å². The Morgan fingerprint density at radius 3 is 2.58 bits per heavy atom. The third-order valence-electron chi connectivity index (χ3n) is 2.66. The van der Waals surface area contributed by atoms with Crippen LogP contribution in [0.2, 0.25) is 0 Å². The molecule has 0 heterocycles. The maximum Gasteiger partial charge on any atom is 0.255 e. The van der Waals surface area contributed by atoms with Gasteiger partial charge >= 0.3 is 0 Å². The van der Waals surface area contributed by atoms with Crippen LogP contribution >= 0.6 is 0 Å². The van der Waals surface area contributed by atoms with Crippen LogP contribution in [0.3, 0.4) is 0 Å². The lowest BCUT2D eigenvalue weighted by Gasteiger charge is -2.18. The van der Waals surface area contributed by atoms with E-state index in [4.69, 9.17) is 10.5 Å². The number of nitrogens with zero attached hydrogens (tertiary/aromatic N) is 1. The lowest BCUT2D eigenvalue weighted by atomic mass is 10.1. The molecule has 1 aromatic carbocycles. The number of carbonyl (C=O) groups excluding carboxylic acids is 1. The zero-order valence-electron chi connectivity index (χ0n) is 11.2. The SMILES string of the molecule is COc1cccc(C(=O)N(C)CCS(C)(=O)=O)c1N. The Balaban J connectivity index is 2.88. The van der Waals surface area contributed by atoms with Crippen LogP contribution in [-0.2, 0) is 9.84 Å². The third-order valence-corrected chi connectivity index (χ3v) is 3.58. The predicted molar refractivity (Wildman–Crippen MR) is 74.1 cm³/mol. The number of carbonyl (C=O) groups is 1. The molecular weight excluding hydrogens is 268 g/mol. The fourth-order valence-corrected chi connectivity index (χ4v) is 2.12. The standard InChI is InChI=1S/C12H18N2O4S/c1-14(7-8-19(3,16)17)12(15)9-5-4-6-10(18-2)11(9)13/h4-6H,7-8,13H2,1-3H3. The van der Waals surface area contributed by atoms with E-state index in [1.54, 1.807) is 18.2 Å². The number of hydrogen-bond donors (Lipinski definition) is 1. The fourth-order valence-electron chi connectivity index (χ4n) is 1.52. The van der Waals surface area contributed by atoms with Crippen LogP contribution in [0.1, 0.15) is 10.4 Å². The molecule has 106 valence electrons. The first-order chi connectivity index (χ1) is 8.76. The molecule has 1 amide bonds. The van der Waals surface area contributed by atoms with Crippen molar-refractivity contribution < 1.29 is 17.9 Å². The predicted octanol–water partition coefficient (Wildman–Crippen LogP) is 0.394. The van der Waals surface area contributed by atoms with Gasteiger partial charge in [-0.1, -0.05) is 6.07 Å². The largest absolute Gasteiger partial charge is 0.495 e.